The summed E-state index contributed by atoms with van der Waals surface area (Å²) in [6.07, 6.45) is -2.59. The van der Waals surface area contributed by atoms with E-state index in [1.165, 1.54) is 0 Å². The zero-order valence-electron chi connectivity index (χ0n) is 14.0. The van der Waals surface area contributed by atoms with Gasteiger partial charge >= 0.3 is 6.18 Å². The highest BCUT2D eigenvalue weighted by atomic mass is 19.4. The van der Waals surface area contributed by atoms with Crippen LogP contribution in [0.25, 0.3) is 0 Å². The molecule has 1 aliphatic carbocycles. The summed E-state index contributed by atoms with van der Waals surface area (Å²) in [5.41, 5.74) is 0. The van der Waals surface area contributed by atoms with Gasteiger partial charge in [-0.05, 0) is 19.3 Å². The first-order valence-electron chi connectivity index (χ1n) is 7.93. The molecule has 8 heteroatoms. The van der Waals surface area contributed by atoms with E-state index in [1.54, 1.807) is 4.90 Å². The highest BCUT2D eigenvalue weighted by Gasteiger charge is 2.42. The molecule has 5 nitrogen and oxygen atoms in total. The van der Waals surface area contributed by atoms with Crippen molar-refractivity contribution in [3.8, 4) is 0 Å². The molecule has 0 radical (unpaired) electrons. The Morgan fingerprint density at radius 1 is 1.13 bits per heavy atom. The van der Waals surface area contributed by atoms with Gasteiger partial charge in [0.05, 0.1) is 5.92 Å². The number of nitrogens with zero attached hydrogens (tertiary/aromatic N) is 4. The Labute approximate surface area is 134 Å². The SMILES string of the molecule is CC(C)c1nc(NC2CCCC(C(F)(F)F)C2)nc(N(C)C)n1. The fourth-order valence-electron chi connectivity index (χ4n) is 2.70. The third-order valence-corrected chi connectivity index (χ3v) is 4.03. The molecule has 2 atom stereocenters. The van der Waals surface area contributed by atoms with Crippen LogP contribution in [-0.4, -0.2) is 41.3 Å². The predicted octanol–water partition coefficient (Wildman–Crippen LogP) is 3.59. The minimum atomic E-state index is -4.13. The van der Waals surface area contributed by atoms with Gasteiger partial charge in [0.2, 0.25) is 11.9 Å². The zero-order valence-corrected chi connectivity index (χ0v) is 14.0. The molecule has 1 fully saturated rings. The van der Waals surface area contributed by atoms with Crippen molar-refractivity contribution >= 4 is 11.9 Å². The molecule has 0 spiro atoms. The lowest BCUT2D eigenvalue weighted by Gasteiger charge is -2.31. The molecule has 1 heterocycles. The summed E-state index contributed by atoms with van der Waals surface area (Å²) in [5.74, 6) is 0.379. The molecule has 2 unspecified atom stereocenters. The summed E-state index contributed by atoms with van der Waals surface area (Å²) >= 11 is 0. The van der Waals surface area contributed by atoms with Crippen LogP contribution in [0.15, 0.2) is 0 Å². The van der Waals surface area contributed by atoms with E-state index in [4.69, 9.17) is 0 Å². The van der Waals surface area contributed by atoms with Crippen LogP contribution in [-0.2, 0) is 0 Å². The molecule has 0 aromatic carbocycles. The van der Waals surface area contributed by atoms with Crippen molar-refractivity contribution in [2.45, 2.75) is 57.7 Å². The van der Waals surface area contributed by atoms with E-state index in [2.05, 4.69) is 20.3 Å². The minimum absolute atomic E-state index is 0.0729. The lowest BCUT2D eigenvalue weighted by molar-refractivity contribution is -0.182. The average molecular weight is 331 g/mol. The van der Waals surface area contributed by atoms with Gasteiger partial charge in [-0.3, -0.25) is 0 Å². The second kappa shape index (κ2) is 6.88. The molecule has 23 heavy (non-hydrogen) atoms. The van der Waals surface area contributed by atoms with Crippen LogP contribution < -0.4 is 10.2 Å². The number of alkyl halides is 3. The molecule has 1 N–H and O–H groups in total. The van der Waals surface area contributed by atoms with Gasteiger partial charge in [-0.1, -0.05) is 20.3 Å². The van der Waals surface area contributed by atoms with Crippen molar-refractivity contribution in [3.63, 3.8) is 0 Å². The van der Waals surface area contributed by atoms with Gasteiger partial charge in [-0.25, -0.2) is 0 Å². The van der Waals surface area contributed by atoms with Crippen LogP contribution in [0.3, 0.4) is 0 Å². The molecule has 1 aromatic heterocycles. The first-order chi connectivity index (χ1) is 10.7. The molecule has 0 saturated heterocycles. The van der Waals surface area contributed by atoms with E-state index in [0.29, 0.717) is 30.6 Å². The van der Waals surface area contributed by atoms with Gasteiger partial charge in [-0.2, -0.15) is 28.1 Å². The van der Waals surface area contributed by atoms with Gasteiger partial charge in [-0.15, -0.1) is 0 Å². The quantitative estimate of drug-likeness (QED) is 0.914. The monoisotopic (exact) mass is 331 g/mol. The van der Waals surface area contributed by atoms with E-state index in [0.717, 1.165) is 0 Å². The topological polar surface area (TPSA) is 53.9 Å². The number of aromatic nitrogens is 3. The Hall–Kier alpha value is -1.60. The Bertz CT molecular complexity index is 504. The summed E-state index contributed by atoms with van der Waals surface area (Å²) in [7, 11) is 3.65. The maximum Gasteiger partial charge on any atom is 0.391 e. The first kappa shape index (κ1) is 17.7. The third-order valence-electron chi connectivity index (χ3n) is 4.03. The maximum atomic E-state index is 12.9. The maximum absolute atomic E-state index is 12.9. The number of hydrogen-bond acceptors (Lipinski definition) is 5. The molecular weight excluding hydrogens is 307 g/mol. The van der Waals surface area contributed by atoms with Crippen molar-refractivity contribution < 1.29 is 13.2 Å². The van der Waals surface area contributed by atoms with Crippen LogP contribution in [0.5, 0.6) is 0 Å². The highest BCUT2D eigenvalue weighted by Crippen LogP contribution is 2.38. The fourth-order valence-corrected chi connectivity index (χ4v) is 2.70. The van der Waals surface area contributed by atoms with Crippen LogP contribution in [0.1, 0.15) is 51.3 Å². The molecule has 0 bridgehead atoms. The summed E-state index contributed by atoms with van der Waals surface area (Å²) in [5, 5.41) is 3.08. The van der Waals surface area contributed by atoms with Gasteiger partial charge in [0.15, 0.2) is 0 Å². The van der Waals surface area contributed by atoms with E-state index < -0.39 is 12.1 Å². The summed E-state index contributed by atoms with van der Waals surface area (Å²) < 4.78 is 38.8. The Balaban J connectivity index is 2.15. The summed E-state index contributed by atoms with van der Waals surface area (Å²) in [6.45, 7) is 3.94. The van der Waals surface area contributed by atoms with Crippen molar-refractivity contribution in [3.05, 3.63) is 5.82 Å². The zero-order chi connectivity index (χ0) is 17.2. The van der Waals surface area contributed by atoms with Gasteiger partial charge in [0.1, 0.15) is 5.82 Å². The van der Waals surface area contributed by atoms with Gasteiger partial charge < -0.3 is 10.2 Å². The van der Waals surface area contributed by atoms with Crippen molar-refractivity contribution in [2.24, 2.45) is 5.92 Å². The predicted molar refractivity (Wildman–Crippen MR) is 83.7 cm³/mol. The summed E-state index contributed by atoms with van der Waals surface area (Å²) in [4.78, 5) is 14.8. The van der Waals surface area contributed by atoms with Crippen molar-refractivity contribution in [1.29, 1.82) is 0 Å². The number of halogens is 3. The summed E-state index contributed by atoms with van der Waals surface area (Å²) in [6, 6.07) is -0.257. The number of rotatable bonds is 4. The second-order valence-electron chi connectivity index (χ2n) is 6.61. The van der Waals surface area contributed by atoms with E-state index in [-0.39, 0.29) is 24.8 Å². The molecular formula is C15H24F3N5. The third kappa shape index (κ3) is 4.68. The fraction of sp³-hybridized carbons (Fsp3) is 0.800. The number of nitrogens with one attached hydrogen (secondary N) is 1. The molecule has 0 amide bonds. The second-order valence-corrected chi connectivity index (χ2v) is 6.61. The van der Waals surface area contributed by atoms with E-state index in [1.807, 2.05) is 27.9 Å². The van der Waals surface area contributed by atoms with Gasteiger partial charge in [0.25, 0.3) is 0 Å². The van der Waals surface area contributed by atoms with E-state index >= 15 is 0 Å². The van der Waals surface area contributed by atoms with Crippen LogP contribution >= 0.6 is 0 Å². The Morgan fingerprint density at radius 2 is 1.83 bits per heavy atom. The van der Waals surface area contributed by atoms with Crippen LogP contribution in [0.2, 0.25) is 0 Å². The lowest BCUT2D eigenvalue weighted by atomic mass is 9.85. The van der Waals surface area contributed by atoms with Gasteiger partial charge in [0, 0.05) is 26.1 Å². The standard InChI is InChI=1S/C15H24F3N5/c1-9(2)12-20-13(22-14(21-12)23(3)4)19-11-7-5-6-10(8-11)15(16,17)18/h9-11H,5-8H2,1-4H3,(H,19,20,21,22). The van der Waals surface area contributed by atoms with Crippen LogP contribution in [0.4, 0.5) is 25.1 Å². The molecule has 0 aliphatic heterocycles. The smallest absolute Gasteiger partial charge is 0.351 e. The first-order valence-corrected chi connectivity index (χ1v) is 7.93. The van der Waals surface area contributed by atoms with Crippen molar-refractivity contribution in [2.75, 3.05) is 24.3 Å². The van der Waals surface area contributed by atoms with Crippen LogP contribution in [0, 0.1) is 5.92 Å². The molecule has 2 rings (SSSR count). The normalized spacial score (nSPS) is 22.3. The van der Waals surface area contributed by atoms with E-state index in [9.17, 15) is 13.2 Å². The minimum Gasteiger partial charge on any atom is -0.351 e. The Kier molecular flexibility index (Phi) is 5.31. The highest BCUT2D eigenvalue weighted by molar-refractivity contribution is 5.37. The molecule has 1 aliphatic rings. The molecule has 1 aromatic rings. The number of anilines is 2. The lowest BCUT2D eigenvalue weighted by Crippen LogP contribution is -2.35. The Morgan fingerprint density at radius 3 is 2.39 bits per heavy atom. The average Bonchev–Trinajstić information content (AvgIpc) is 2.46. The number of hydrogen-bond donors (Lipinski definition) is 1. The van der Waals surface area contributed by atoms with Crippen molar-refractivity contribution in [1.82, 2.24) is 15.0 Å². The largest absolute Gasteiger partial charge is 0.391 e. The molecule has 1 saturated carbocycles. The molecule has 130 valence electrons.